The van der Waals surface area contributed by atoms with Gasteiger partial charge >= 0.3 is 0 Å². The van der Waals surface area contributed by atoms with E-state index < -0.39 is 5.79 Å². The van der Waals surface area contributed by atoms with Gasteiger partial charge in [0.15, 0.2) is 5.79 Å². The fourth-order valence-electron chi connectivity index (χ4n) is 4.11. The van der Waals surface area contributed by atoms with Gasteiger partial charge in [0.05, 0.1) is 18.5 Å². The maximum absolute atomic E-state index is 11.4. The third-order valence-corrected chi connectivity index (χ3v) is 5.68. The first-order chi connectivity index (χ1) is 17.4. The van der Waals surface area contributed by atoms with Crippen LogP contribution in [0.25, 0.3) is 28.0 Å². The lowest BCUT2D eigenvalue weighted by molar-refractivity contribution is -0.141. The van der Waals surface area contributed by atoms with Crippen molar-refractivity contribution >= 4 is 17.2 Å². The molecule has 188 valence electrons. The highest BCUT2D eigenvalue weighted by Crippen LogP contribution is 2.28. The van der Waals surface area contributed by atoms with Crippen LogP contribution in [0.5, 0.6) is 5.75 Å². The lowest BCUT2D eigenvalue weighted by Crippen LogP contribution is -2.25. The Morgan fingerprint density at radius 3 is 2.56 bits per heavy atom. The monoisotopic (exact) mass is 487 g/mol. The molecule has 0 bridgehead atoms. The highest BCUT2D eigenvalue weighted by molar-refractivity contribution is 5.89. The van der Waals surface area contributed by atoms with Crippen molar-refractivity contribution in [1.82, 2.24) is 9.38 Å². The molecule has 1 saturated heterocycles. The highest BCUT2D eigenvalue weighted by atomic mass is 16.7. The minimum Gasteiger partial charge on any atom is -0.491 e. The van der Waals surface area contributed by atoms with Crippen molar-refractivity contribution in [2.45, 2.75) is 46.5 Å². The first-order valence-electron chi connectivity index (χ1n) is 12.3. The zero-order chi connectivity index (χ0) is 25.7. The molecule has 3 heterocycles. The van der Waals surface area contributed by atoms with Crippen LogP contribution in [0.1, 0.15) is 34.6 Å². The molecule has 0 radical (unpaired) electrons. The van der Waals surface area contributed by atoms with E-state index in [0.29, 0.717) is 13.2 Å². The Labute approximate surface area is 212 Å². The van der Waals surface area contributed by atoms with E-state index in [1.165, 1.54) is 6.92 Å². The summed E-state index contributed by atoms with van der Waals surface area (Å²) in [7, 11) is 0. The number of fused-ring (bicyclic) bond motifs is 1. The maximum atomic E-state index is 11.4. The molecule has 1 fully saturated rings. The molecular weight excluding hydrogens is 454 g/mol. The van der Waals surface area contributed by atoms with Crippen molar-refractivity contribution in [3.8, 4) is 28.1 Å². The summed E-state index contributed by atoms with van der Waals surface area (Å²) in [5.41, 5.74) is 5.69. The summed E-state index contributed by atoms with van der Waals surface area (Å²) in [5.74, 6) is 0.152. The number of nitrogens with zero attached hydrogens (tertiary/aromatic N) is 2. The molecule has 2 aromatic carbocycles. The summed E-state index contributed by atoms with van der Waals surface area (Å²) in [6.45, 7) is 10.3. The lowest BCUT2D eigenvalue weighted by atomic mass is 10.1. The number of ether oxygens (including phenoxy) is 3. The van der Waals surface area contributed by atoms with Gasteiger partial charge in [-0.2, -0.15) is 0 Å². The lowest BCUT2D eigenvalue weighted by Gasteiger charge is -2.17. The van der Waals surface area contributed by atoms with E-state index in [1.807, 2.05) is 93.0 Å². The molecule has 1 aliphatic rings. The van der Waals surface area contributed by atoms with E-state index in [1.54, 1.807) is 0 Å². The van der Waals surface area contributed by atoms with E-state index in [-0.39, 0.29) is 12.0 Å². The first kappa shape index (κ1) is 25.4. The molecule has 2 aromatic heterocycles. The topological polar surface area (TPSA) is 74.1 Å². The van der Waals surface area contributed by atoms with Crippen LogP contribution >= 0.6 is 0 Å². The second-order valence-electron chi connectivity index (χ2n) is 8.84. The number of carbonyl (C=O) groups excluding carboxylic acids is 1. The second kappa shape index (κ2) is 10.9. The van der Waals surface area contributed by atoms with Crippen LogP contribution in [-0.2, 0) is 14.3 Å². The zero-order valence-electron chi connectivity index (χ0n) is 21.4. The summed E-state index contributed by atoms with van der Waals surface area (Å²) in [4.78, 5) is 16.0. The highest BCUT2D eigenvalue weighted by Gasteiger charge is 2.32. The predicted molar refractivity (Wildman–Crippen MR) is 142 cm³/mol. The van der Waals surface area contributed by atoms with Gasteiger partial charge in [-0.1, -0.05) is 38.1 Å². The number of benzene rings is 2. The summed E-state index contributed by atoms with van der Waals surface area (Å²) < 4.78 is 19.3. The van der Waals surface area contributed by atoms with Crippen molar-refractivity contribution in [2.75, 3.05) is 18.5 Å². The minimum atomic E-state index is -0.544. The number of anilines is 1. The van der Waals surface area contributed by atoms with Crippen LogP contribution in [0.4, 0.5) is 5.69 Å². The molecule has 36 heavy (non-hydrogen) atoms. The Hall–Kier alpha value is -3.68. The molecule has 0 aliphatic carbocycles. The smallest absolute Gasteiger partial charge is 0.221 e. The fourth-order valence-corrected chi connectivity index (χ4v) is 4.11. The van der Waals surface area contributed by atoms with Crippen molar-refractivity contribution < 1.29 is 19.0 Å². The molecule has 7 nitrogen and oxygen atoms in total. The van der Waals surface area contributed by atoms with E-state index in [9.17, 15) is 4.79 Å². The summed E-state index contributed by atoms with van der Waals surface area (Å²) in [5, 5.41) is 2.83. The van der Waals surface area contributed by atoms with E-state index >= 15 is 0 Å². The largest absolute Gasteiger partial charge is 0.491 e. The van der Waals surface area contributed by atoms with Crippen LogP contribution in [-0.4, -0.2) is 40.4 Å². The van der Waals surface area contributed by atoms with Gasteiger partial charge in [0.1, 0.15) is 24.1 Å². The molecule has 0 saturated carbocycles. The van der Waals surface area contributed by atoms with Crippen molar-refractivity contribution in [3.05, 3.63) is 73.1 Å². The molecule has 1 N–H and O–H groups in total. The SMILES string of the molecule is CC.CC(=O)Nc1cccc(-c2cnc3cc(-c4ccc(OCC5COC(C)(C)O5)cc4)ccn23)c1. The maximum Gasteiger partial charge on any atom is 0.221 e. The molecule has 1 aliphatic heterocycles. The number of rotatable bonds is 6. The first-order valence-corrected chi connectivity index (χ1v) is 12.3. The van der Waals surface area contributed by atoms with Gasteiger partial charge < -0.3 is 19.5 Å². The van der Waals surface area contributed by atoms with Gasteiger partial charge in [-0.25, -0.2) is 4.98 Å². The molecule has 4 aromatic rings. The number of aromatic nitrogens is 2. The Morgan fingerprint density at radius 1 is 1.08 bits per heavy atom. The Kier molecular flexibility index (Phi) is 7.72. The van der Waals surface area contributed by atoms with Crippen molar-refractivity contribution in [1.29, 1.82) is 0 Å². The molecule has 1 atom stereocenters. The van der Waals surface area contributed by atoms with Gasteiger partial charge in [0.2, 0.25) is 5.91 Å². The second-order valence-corrected chi connectivity index (χ2v) is 8.84. The van der Waals surface area contributed by atoms with Gasteiger partial charge in [-0.15, -0.1) is 0 Å². The molecule has 5 rings (SSSR count). The minimum absolute atomic E-state index is 0.0642. The average molecular weight is 488 g/mol. The van der Waals surface area contributed by atoms with Crippen LogP contribution < -0.4 is 10.1 Å². The third-order valence-electron chi connectivity index (χ3n) is 5.68. The van der Waals surface area contributed by atoms with E-state index in [2.05, 4.69) is 22.4 Å². The van der Waals surface area contributed by atoms with Crippen LogP contribution in [0.15, 0.2) is 73.1 Å². The molecule has 0 spiro atoms. The zero-order valence-corrected chi connectivity index (χ0v) is 21.4. The van der Waals surface area contributed by atoms with E-state index in [4.69, 9.17) is 14.2 Å². The fraction of sp³-hybridized carbons (Fsp3) is 0.310. The number of hydrogen-bond acceptors (Lipinski definition) is 5. The van der Waals surface area contributed by atoms with Gasteiger partial charge in [-0.3, -0.25) is 9.20 Å². The molecular formula is C29H33N3O4. The number of nitrogens with one attached hydrogen (secondary N) is 1. The quantitative estimate of drug-likeness (QED) is 0.351. The Morgan fingerprint density at radius 2 is 1.86 bits per heavy atom. The van der Waals surface area contributed by atoms with Gasteiger partial charge in [0, 0.05) is 24.4 Å². The van der Waals surface area contributed by atoms with Crippen molar-refractivity contribution in [3.63, 3.8) is 0 Å². The number of carbonyl (C=O) groups is 1. The molecule has 1 amide bonds. The number of pyridine rings is 1. The van der Waals surface area contributed by atoms with E-state index in [0.717, 1.165) is 39.5 Å². The Balaban J connectivity index is 0.00000148. The van der Waals surface area contributed by atoms with Gasteiger partial charge in [0.25, 0.3) is 0 Å². The van der Waals surface area contributed by atoms with Crippen LogP contribution in [0.3, 0.4) is 0 Å². The van der Waals surface area contributed by atoms with Crippen LogP contribution in [0, 0.1) is 0 Å². The number of amides is 1. The predicted octanol–water partition coefficient (Wildman–Crippen LogP) is 6.18. The summed E-state index contributed by atoms with van der Waals surface area (Å²) in [6, 6.07) is 19.9. The van der Waals surface area contributed by atoms with Crippen molar-refractivity contribution in [2.24, 2.45) is 0 Å². The standard InChI is InChI=1S/C27H27N3O4.C2H6/c1-18(31)29-22-6-4-5-21(13-22)25-15-28-26-14-20(11-12-30(25)26)19-7-9-23(10-8-19)32-16-24-17-33-27(2,3)34-24;1-2/h4-15,24H,16-17H2,1-3H3,(H,29,31);1-2H3. The molecule has 7 heteroatoms. The summed E-state index contributed by atoms with van der Waals surface area (Å²) in [6.07, 6.45) is 3.80. The number of hydrogen-bond donors (Lipinski definition) is 1. The van der Waals surface area contributed by atoms with Crippen LogP contribution in [0.2, 0.25) is 0 Å². The number of imidazole rings is 1. The molecule has 1 unspecified atom stereocenters. The van der Waals surface area contributed by atoms with Gasteiger partial charge in [-0.05, 0) is 61.4 Å². The Bertz CT molecular complexity index is 1330. The normalized spacial score (nSPS) is 16.3. The summed E-state index contributed by atoms with van der Waals surface area (Å²) >= 11 is 0. The average Bonchev–Trinajstić information content (AvgIpc) is 3.46. The third kappa shape index (κ3) is 5.93.